The van der Waals surface area contributed by atoms with Crippen molar-refractivity contribution in [2.45, 2.75) is 19.4 Å². The van der Waals surface area contributed by atoms with Gasteiger partial charge in [0.25, 0.3) is 5.69 Å². The van der Waals surface area contributed by atoms with E-state index in [0.29, 0.717) is 25.4 Å². The maximum atomic E-state index is 11.3. The van der Waals surface area contributed by atoms with E-state index in [1.54, 1.807) is 0 Å². The molecule has 1 aliphatic rings. The molecule has 2 rings (SSSR count). The Morgan fingerprint density at radius 1 is 1.60 bits per heavy atom. The smallest absolute Gasteiger partial charge is 0.337 e. The first-order chi connectivity index (χ1) is 9.52. The van der Waals surface area contributed by atoms with E-state index >= 15 is 0 Å². The van der Waals surface area contributed by atoms with Gasteiger partial charge >= 0.3 is 5.97 Å². The molecule has 108 valence electrons. The predicted molar refractivity (Wildman–Crippen MR) is 72.3 cm³/mol. The van der Waals surface area contributed by atoms with Crippen LogP contribution in [-0.2, 0) is 4.74 Å². The average Bonchev–Trinajstić information content (AvgIpc) is 2.46. The van der Waals surface area contributed by atoms with Crippen LogP contribution in [-0.4, -0.2) is 41.8 Å². The summed E-state index contributed by atoms with van der Waals surface area (Å²) in [6, 6.07) is 3.82. The van der Waals surface area contributed by atoms with Gasteiger partial charge in [-0.1, -0.05) is 6.92 Å². The second kappa shape index (κ2) is 5.87. The Labute approximate surface area is 115 Å². The number of carboxylic acid groups (broad SMARTS) is 1. The lowest BCUT2D eigenvalue weighted by atomic mass is 10.1. The number of nitrogens with zero attached hydrogens (tertiary/aromatic N) is 2. The third-order valence-electron chi connectivity index (χ3n) is 3.36. The Kier molecular flexibility index (Phi) is 4.19. The number of anilines is 1. The zero-order chi connectivity index (χ0) is 14.7. The topological polar surface area (TPSA) is 92.9 Å². The van der Waals surface area contributed by atoms with Crippen LogP contribution in [0.3, 0.4) is 0 Å². The molecule has 7 heteroatoms. The quantitative estimate of drug-likeness (QED) is 0.669. The van der Waals surface area contributed by atoms with Crippen LogP contribution in [0.1, 0.15) is 23.7 Å². The minimum Gasteiger partial charge on any atom is -0.478 e. The third kappa shape index (κ3) is 2.88. The van der Waals surface area contributed by atoms with Gasteiger partial charge in [-0.2, -0.15) is 0 Å². The van der Waals surface area contributed by atoms with Gasteiger partial charge in [-0.3, -0.25) is 10.1 Å². The Balaban J connectivity index is 2.38. The van der Waals surface area contributed by atoms with Gasteiger partial charge in [-0.15, -0.1) is 0 Å². The van der Waals surface area contributed by atoms with Crippen molar-refractivity contribution in [2.24, 2.45) is 0 Å². The fraction of sp³-hybridized carbons (Fsp3) is 0.462. The number of rotatable bonds is 4. The Morgan fingerprint density at radius 2 is 2.35 bits per heavy atom. The second-order valence-corrected chi connectivity index (χ2v) is 4.61. The highest BCUT2D eigenvalue weighted by Crippen LogP contribution is 2.28. The van der Waals surface area contributed by atoms with Crippen LogP contribution in [0.5, 0.6) is 0 Å². The molecule has 1 aromatic carbocycles. The first-order valence-corrected chi connectivity index (χ1v) is 6.41. The van der Waals surface area contributed by atoms with Crippen LogP contribution < -0.4 is 4.90 Å². The van der Waals surface area contributed by atoms with E-state index in [2.05, 4.69) is 0 Å². The molecule has 1 heterocycles. The molecule has 0 spiro atoms. The van der Waals surface area contributed by atoms with Gasteiger partial charge in [0, 0.05) is 25.2 Å². The minimum atomic E-state index is -1.09. The molecule has 1 aliphatic heterocycles. The summed E-state index contributed by atoms with van der Waals surface area (Å²) in [5.74, 6) is -1.09. The van der Waals surface area contributed by atoms with Crippen LogP contribution in [0.25, 0.3) is 0 Å². The summed E-state index contributed by atoms with van der Waals surface area (Å²) < 4.78 is 5.53. The summed E-state index contributed by atoms with van der Waals surface area (Å²) >= 11 is 0. The molecule has 1 N–H and O–H groups in total. The number of hydrogen-bond acceptors (Lipinski definition) is 5. The molecule has 7 nitrogen and oxygen atoms in total. The van der Waals surface area contributed by atoms with E-state index in [-0.39, 0.29) is 17.4 Å². The van der Waals surface area contributed by atoms with E-state index in [1.807, 2.05) is 11.8 Å². The summed E-state index contributed by atoms with van der Waals surface area (Å²) in [6.45, 7) is 3.54. The molecule has 1 atom stereocenters. The monoisotopic (exact) mass is 280 g/mol. The predicted octanol–water partition coefficient (Wildman–Crippen LogP) is 1.91. The molecule has 0 radical (unpaired) electrons. The number of carboxylic acids is 1. The maximum absolute atomic E-state index is 11.3. The normalized spacial score (nSPS) is 18.9. The SMILES string of the molecule is CCC1CN(c2cc([N+](=O)[O-])ccc2C(=O)O)CCO1. The fourth-order valence-electron chi connectivity index (χ4n) is 2.26. The van der Waals surface area contributed by atoms with Gasteiger partial charge in [0.2, 0.25) is 0 Å². The Bertz CT molecular complexity index is 531. The van der Waals surface area contributed by atoms with E-state index < -0.39 is 10.9 Å². The number of benzene rings is 1. The molecule has 0 aromatic heterocycles. The maximum Gasteiger partial charge on any atom is 0.337 e. The van der Waals surface area contributed by atoms with Crippen LogP contribution in [0.15, 0.2) is 18.2 Å². The van der Waals surface area contributed by atoms with Gasteiger partial charge in [0.1, 0.15) is 0 Å². The molecule has 1 aromatic rings. The number of carbonyl (C=O) groups is 1. The van der Waals surface area contributed by atoms with Gasteiger partial charge in [0.05, 0.1) is 28.9 Å². The van der Waals surface area contributed by atoms with E-state index in [1.165, 1.54) is 18.2 Å². The van der Waals surface area contributed by atoms with Crippen molar-refractivity contribution in [1.82, 2.24) is 0 Å². The second-order valence-electron chi connectivity index (χ2n) is 4.61. The lowest BCUT2D eigenvalue weighted by Gasteiger charge is -2.34. The van der Waals surface area contributed by atoms with Gasteiger partial charge < -0.3 is 14.7 Å². The molecule has 1 unspecified atom stereocenters. The first kappa shape index (κ1) is 14.3. The number of ether oxygens (including phenoxy) is 1. The molecule has 0 aliphatic carbocycles. The third-order valence-corrected chi connectivity index (χ3v) is 3.36. The van der Waals surface area contributed by atoms with Crippen LogP contribution in [0.4, 0.5) is 11.4 Å². The zero-order valence-electron chi connectivity index (χ0n) is 11.1. The van der Waals surface area contributed by atoms with Crippen LogP contribution in [0, 0.1) is 10.1 Å². The molecule has 1 saturated heterocycles. The highest BCUT2D eigenvalue weighted by atomic mass is 16.6. The fourth-order valence-corrected chi connectivity index (χ4v) is 2.26. The number of aromatic carboxylic acids is 1. The van der Waals surface area contributed by atoms with Crippen molar-refractivity contribution in [3.05, 3.63) is 33.9 Å². The zero-order valence-corrected chi connectivity index (χ0v) is 11.1. The molecular weight excluding hydrogens is 264 g/mol. The van der Waals surface area contributed by atoms with Crippen molar-refractivity contribution < 1.29 is 19.6 Å². The summed E-state index contributed by atoms with van der Waals surface area (Å²) in [5, 5.41) is 20.1. The van der Waals surface area contributed by atoms with Gasteiger partial charge in [0.15, 0.2) is 0 Å². The lowest BCUT2D eigenvalue weighted by molar-refractivity contribution is -0.384. The van der Waals surface area contributed by atoms with E-state index in [4.69, 9.17) is 4.74 Å². The van der Waals surface area contributed by atoms with Crippen molar-refractivity contribution in [1.29, 1.82) is 0 Å². The van der Waals surface area contributed by atoms with Crippen molar-refractivity contribution in [3.8, 4) is 0 Å². The summed E-state index contributed by atoms with van der Waals surface area (Å²) in [4.78, 5) is 23.4. The number of hydrogen-bond donors (Lipinski definition) is 1. The Hall–Kier alpha value is -2.15. The van der Waals surface area contributed by atoms with E-state index in [9.17, 15) is 20.0 Å². The van der Waals surface area contributed by atoms with E-state index in [0.717, 1.165) is 6.42 Å². The molecule has 20 heavy (non-hydrogen) atoms. The molecule has 1 fully saturated rings. The lowest BCUT2D eigenvalue weighted by Crippen LogP contribution is -2.42. The number of non-ortho nitro benzene ring substituents is 1. The molecule has 0 saturated carbocycles. The standard InChI is InChI=1S/C13H16N2O5/c1-2-10-8-14(5-6-20-10)12-7-9(15(18)19)3-4-11(12)13(16)17/h3-4,7,10H,2,5-6,8H2,1H3,(H,16,17). The highest BCUT2D eigenvalue weighted by Gasteiger charge is 2.25. The molecule has 0 bridgehead atoms. The first-order valence-electron chi connectivity index (χ1n) is 6.41. The summed E-state index contributed by atoms with van der Waals surface area (Å²) in [6.07, 6.45) is 0.832. The Morgan fingerprint density at radius 3 is 2.95 bits per heavy atom. The summed E-state index contributed by atoms with van der Waals surface area (Å²) in [5.41, 5.74) is 0.352. The summed E-state index contributed by atoms with van der Waals surface area (Å²) in [7, 11) is 0. The van der Waals surface area contributed by atoms with Crippen molar-refractivity contribution in [3.63, 3.8) is 0 Å². The largest absolute Gasteiger partial charge is 0.478 e. The van der Waals surface area contributed by atoms with Crippen LogP contribution in [0.2, 0.25) is 0 Å². The van der Waals surface area contributed by atoms with Crippen molar-refractivity contribution in [2.75, 3.05) is 24.6 Å². The van der Waals surface area contributed by atoms with Crippen molar-refractivity contribution >= 4 is 17.3 Å². The highest BCUT2D eigenvalue weighted by molar-refractivity contribution is 5.95. The van der Waals surface area contributed by atoms with Gasteiger partial charge in [-0.25, -0.2) is 4.79 Å². The minimum absolute atomic E-state index is 0.0182. The molecule has 0 amide bonds. The van der Waals surface area contributed by atoms with Gasteiger partial charge in [-0.05, 0) is 12.5 Å². The van der Waals surface area contributed by atoms with Crippen LogP contribution >= 0.6 is 0 Å². The number of morpholine rings is 1. The number of nitro groups is 1. The number of nitro benzene ring substituents is 1. The molecular formula is C13H16N2O5. The average molecular weight is 280 g/mol.